The number of esters is 1. The van der Waals surface area contributed by atoms with Gasteiger partial charge in [0.15, 0.2) is 0 Å². The van der Waals surface area contributed by atoms with Crippen molar-refractivity contribution in [1.29, 1.82) is 0 Å². The topological polar surface area (TPSA) is 73.9 Å². The predicted octanol–water partition coefficient (Wildman–Crippen LogP) is 5.89. The van der Waals surface area contributed by atoms with Crippen molar-refractivity contribution in [3.63, 3.8) is 0 Å². The Hall–Kier alpha value is -2.28. The van der Waals surface area contributed by atoms with Gasteiger partial charge in [-0.15, -0.1) is 0 Å². The fourth-order valence-corrected chi connectivity index (χ4v) is 4.41. The van der Waals surface area contributed by atoms with Crippen molar-refractivity contribution in [2.75, 3.05) is 31.7 Å². The van der Waals surface area contributed by atoms with Crippen molar-refractivity contribution >= 4 is 40.8 Å². The van der Waals surface area contributed by atoms with E-state index < -0.39 is 11.4 Å². The lowest BCUT2D eigenvalue weighted by molar-refractivity contribution is -0.125. The summed E-state index contributed by atoms with van der Waals surface area (Å²) in [5, 5.41) is 3.91. The average Bonchev–Trinajstić information content (AvgIpc) is 2.78. The zero-order valence-electron chi connectivity index (χ0n) is 19.1. The number of ether oxygens (including phenoxy) is 3. The normalized spacial score (nSPS) is 15.2. The van der Waals surface area contributed by atoms with E-state index in [1.54, 1.807) is 43.3 Å². The van der Waals surface area contributed by atoms with Gasteiger partial charge in [0.1, 0.15) is 11.3 Å². The second-order valence-electron chi connectivity index (χ2n) is 8.41. The van der Waals surface area contributed by atoms with Crippen molar-refractivity contribution in [3.8, 4) is 5.75 Å². The number of anilines is 1. The lowest BCUT2D eigenvalue weighted by Crippen LogP contribution is -2.45. The van der Waals surface area contributed by atoms with Gasteiger partial charge in [0.25, 0.3) is 0 Å². The van der Waals surface area contributed by atoms with E-state index in [1.165, 1.54) is 0 Å². The Morgan fingerprint density at radius 1 is 1.12 bits per heavy atom. The molecule has 8 heteroatoms. The molecule has 33 heavy (non-hydrogen) atoms. The Balaban J connectivity index is 1.93. The van der Waals surface area contributed by atoms with Crippen molar-refractivity contribution in [3.05, 3.63) is 57.6 Å². The second-order valence-corrected chi connectivity index (χ2v) is 9.25. The van der Waals surface area contributed by atoms with Crippen LogP contribution in [0.2, 0.25) is 10.0 Å². The standard InChI is InChI=1S/C25H29Cl2NO5/c1-4-32-23(29)19-14-18(6-8-22(19)33-15-16(2)3)28-24(30)25(9-11-31-12-10-25)20-7-5-17(26)13-21(20)27/h5-8,13-14,16H,4,9-12,15H2,1-3H3,(H,28,30). The summed E-state index contributed by atoms with van der Waals surface area (Å²) in [6, 6.07) is 10.1. The third kappa shape index (κ3) is 5.99. The number of carbonyl (C=O) groups is 2. The third-order valence-corrected chi connectivity index (χ3v) is 6.08. The molecule has 0 spiro atoms. The summed E-state index contributed by atoms with van der Waals surface area (Å²) in [7, 11) is 0. The summed E-state index contributed by atoms with van der Waals surface area (Å²) in [5.74, 6) is -0.0202. The quantitative estimate of drug-likeness (QED) is 0.463. The lowest BCUT2D eigenvalue weighted by atomic mass is 9.73. The van der Waals surface area contributed by atoms with Gasteiger partial charge in [0, 0.05) is 28.9 Å². The zero-order chi connectivity index (χ0) is 24.0. The molecule has 1 aliphatic rings. The first-order valence-corrected chi connectivity index (χ1v) is 11.8. The molecule has 3 rings (SSSR count). The van der Waals surface area contributed by atoms with Crippen LogP contribution in [0.3, 0.4) is 0 Å². The maximum Gasteiger partial charge on any atom is 0.341 e. The minimum atomic E-state index is -0.878. The minimum absolute atomic E-state index is 0.222. The van der Waals surface area contributed by atoms with Crippen LogP contribution in [0, 0.1) is 5.92 Å². The van der Waals surface area contributed by atoms with E-state index in [0.717, 1.165) is 0 Å². The van der Waals surface area contributed by atoms with Crippen molar-refractivity contribution < 1.29 is 23.8 Å². The summed E-state index contributed by atoms with van der Waals surface area (Å²) in [6.45, 7) is 7.34. The van der Waals surface area contributed by atoms with Crippen LogP contribution in [0.1, 0.15) is 49.5 Å². The Kier molecular flexibility index (Phi) is 8.63. The van der Waals surface area contributed by atoms with Crippen molar-refractivity contribution in [2.45, 2.75) is 39.0 Å². The molecular weight excluding hydrogens is 465 g/mol. The average molecular weight is 494 g/mol. The molecule has 0 bridgehead atoms. The minimum Gasteiger partial charge on any atom is -0.492 e. The van der Waals surface area contributed by atoms with Crippen LogP contribution in [-0.4, -0.2) is 38.3 Å². The number of halogens is 2. The SMILES string of the molecule is CCOC(=O)c1cc(NC(=O)C2(c3ccc(Cl)cc3Cl)CCOCC2)ccc1OCC(C)C. The van der Waals surface area contributed by atoms with Crippen LogP contribution in [-0.2, 0) is 19.7 Å². The largest absolute Gasteiger partial charge is 0.492 e. The Bertz CT molecular complexity index is 1000. The van der Waals surface area contributed by atoms with E-state index in [2.05, 4.69) is 5.32 Å². The molecular formula is C25H29Cl2NO5. The zero-order valence-corrected chi connectivity index (χ0v) is 20.6. The number of nitrogens with one attached hydrogen (secondary N) is 1. The van der Waals surface area contributed by atoms with Gasteiger partial charge in [-0.05, 0) is 61.6 Å². The predicted molar refractivity (Wildman–Crippen MR) is 130 cm³/mol. The molecule has 6 nitrogen and oxygen atoms in total. The first kappa shape index (κ1) is 25.3. The molecule has 2 aromatic carbocycles. The van der Waals surface area contributed by atoms with E-state index in [9.17, 15) is 9.59 Å². The lowest BCUT2D eigenvalue weighted by Gasteiger charge is -2.37. The molecule has 1 amide bonds. The van der Waals surface area contributed by atoms with Crippen LogP contribution in [0.4, 0.5) is 5.69 Å². The third-order valence-electron chi connectivity index (χ3n) is 5.53. The van der Waals surface area contributed by atoms with Gasteiger partial charge in [-0.25, -0.2) is 4.79 Å². The monoisotopic (exact) mass is 493 g/mol. The molecule has 0 aromatic heterocycles. The first-order chi connectivity index (χ1) is 15.8. The molecule has 178 valence electrons. The second kappa shape index (κ2) is 11.2. The summed E-state index contributed by atoms with van der Waals surface area (Å²) in [4.78, 5) is 26.2. The number of rotatable bonds is 8. The number of carbonyl (C=O) groups excluding carboxylic acids is 2. The molecule has 2 aromatic rings. The first-order valence-electron chi connectivity index (χ1n) is 11.1. The smallest absolute Gasteiger partial charge is 0.341 e. The highest BCUT2D eigenvalue weighted by Crippen LogP contribution is 2.41. The molecule has 1 aliphatic heterocycles. The van der Waals surface area contributed by atoms with Crippen LogP contribution in [0.15, 0.2) is 36.4 Å². The number of benzene rings is 2. The molecule has 0 unspecified atom stereocenters. The van der Waals surface area contributed by atoms with Gasteiger partial charge in [-0.1, -0.05) is 43.1 Å². The van der Waals surface area contributed by atoms with Crippen LogP contribution >= 0.6 is 23.2 Å². The van der Waals surface area contributed by atoms with Crippen LogP contribution < -0.4 is 10.1 Å². The van der Waals surface area contributed by atoms with E-state index in [0.29, 0.717) is 59.7 Å². The number of hydrogen-bond acceptors (Lipinski definition) is 5. The highest BCUT2D eigenvalue weighted by atomic mass is 35.5. The van der Waals surface area contributed by atoms with E-state index >= 15 is 0 Å². The van der Waals surface area contributed by atoms with E-state index in [4.69, 9.17) is 37.4 Å². The van der Waals surface area contributed by atoms with Gasteiger partial charge in [0.2, 0.25) is 5.91 Å². The molecule has 1 heterocycles. The van der Waals surface area contributed by atoms with Gasteiger partial charge in [-0.3, -0.25) is 4.79 Å². The maximum atomic E-state index is 13.6. The fraction of sp³-hybridized carbons (Fsp3) is 0.440. The fourth-order valence-electron chi connectivity index (χ4n) is 3.83. The Labute approximate surface area is 204 Å². The van der Waals surface area contributed by atoms with Gasteiger partial charge < -0.3 is 19.5 Å². The van der Waals surface area contributed by atoms with Gasteiger partial charge >= 0.3 is 5.97 Å². The highest BCUT2D eigenvalue weighted by Gasteiger charge is 2.43. The van der Waals surface area contributed by atoms with Crippen molar-refractivity contribution in [1.82, 2.24) is 0 Å². The molecule has 1 fully saturated rings. The Morgan fingerprint density at radius 2 is 1.85 bits per heavy atom. The molecule has 1 N–H and O–H groups in total. The van der Waals surface area contributed by atoms with E-state index in [1.807, 2.05) is 13.8 Å². The molecule has 0 radical (unpaired) electrons. The maximum absolute atomic E-state index is 13.6. The van der Waals surface area contributed by atoms with Crippen LogP contribution in [0.5, 0.6) is 5.75 Å². The van der Waals surface area contributed by atoms with Crippen molar-refractivity contribution in [2.24, 2.45) is 5.92 Å². The molecule has 0 saturated carbocycles. The summed E-state index contributed by atoms with van der Waals surface area (Å²) >= 11 is 12.6. The number of amides is 1. The van der Waals surface area contributed by atoms with Gasteiger partial charge in [-0.2, -0.15) is 0 Å². The van der Waals surface area contributed by atoms with Gasteiger partial charge in [0.05, 0.1) is 18.6 Å². The molecule has 0 aliphatic carbocycles. The van der Waals surface area contributed by atoms with E-state index in [-0.39, 0.29) is 24.0 Å². The summed E-state index contributed by atoms with van der Waals surface area (Å²) in [6.07, 6.45) is 0.945. The summed E-state index contributed by atoms with van der Waals surface area (Å²) < 4.78 is 16.5. The highest BCUT2D eigenvalue weighted by molar-refractivity contribution is 6.35. The summed E-state index contributed by atoms with van der Waals surface area (Å²) in [5.41, 5.74) is 0.560. The molecule has 0 atom stereocenters. The molecule has 1 saturated heterocycles. The van der Waals surface area contributed by atoms with Crippen LogP contribution in [0.25, 0.3) is 0 Å². The Morgan fingerprint density at radius 3 is 2.48 bits per heavy atom. The number of hydrogen-bond donors (Lipinski definition) is 1.